The van der Waals surface area contributed by atoms with Crippen molar-refractivity contribution in [3.63, 3.8) is 0 Å². The maximum absolute atomic E-state index is 4.36. The number of benzene rings is 7. The van der Waals surface area contributed by atoms with Gasteiger partial charge in [0.15, 0.2) is 0 Å². The molecular weight excluding hydrogens is 641 g/mol. The number of hydrogen-bond donors (Lipinski definition) is 0. The van der Waals surface area contributed by atoms with Crippen LogP contribution in [0.4, 0.5) is 11.4 Å². The first-order valence-corrected chi connectivity index (χ1v) is 18.5. The van der Waals surface area contributed by atoms with Crippen LogP contribution in [0.2, 0.25) is 0 Å². The van der Waals surface area contributed by atoms with Gasteiger partial charge >= 0.3 is 0 Å². The maximum atomic E-state index is 4.36. The number of aromatic nitrogens is 1. The SMILES string of the molecule is C=CCC1=C(/C(=C\C)N(c2ccccc2)c2ccc3c4ccccc4n(-c4ccccc4)c3c2)c2ccccc2C12c1ccccc1-c1ccccc12. The molecule has 2 aliphatic carbocycles. The highest BCUT2D eigenvalue weighted by Gasteiger charge is 2.53. The van der Waals surface area contributed by atoms with Crippen LogP contribution in [-0.2, 0) is 5.41 Å². The Morgan fingerprint density at radius 1 is 0.566 bits per heavy atom. The van der Waals surface area contributed by atoms with Crippen molar-refractivity contribution in [1.82, 2.24) is 4.57 Å². The van der Waals surface area contributed by atoms with Crippen molar-refractivity contribution < 1.29 is 0 Å². The van der Waals surface area contributed by atoms with Gasteiger partial charge in [0.25, 0.3) is 0 Å². The second kappa shape index (κ2) is 12.3. The Morgan fingerprint density at radius 3 is 1.77 bits per heavy atom. The summed E-state index contributed by atoms with van der Waals surface area (Å²) in [6.45, 7) is 6.55. The molecule has 1 aromatic heterocycles. The minimum atomic E-state index is -0.437. The van der Waals surface area contributed by atoms with E-state index in [1.54, 1.807) is 0 Å². The monoisotopic (exact) mass is 678 g/mol. The third-order valence-corrected chi connectivity index (χ3v) is 11.4. The summed E-state index contributed by atoms with van der Waals surface area (Å²) in [7, 11) is 0. The predicted molar refractivity (Wildman–Crippen MR) is 223 cm³/mol. The predicted octanol–water partition coefficient (Wildman–Crippen LogP) is 13.2. The molecule has 0 saturated heterocycles. The lowest BCUT2D eigenvalue weighted by atomic mass is 9.69. The summed E-state index contributed by atoms with van der Waals surface area (Å²) in [4.78, 5) is 2.47. The first kappa shape index (κ1) is 31.1. The van der Waals surface area contributed by atoms with Crippen molar-refractivity contribution in [3.8, 4) is 16.8 Å². The van der Waals surface area contributed by atoms with Gasteiger partial charge in [-0.15, -0.1) is 6.58 Å². The highest BCUT2D eigenvalue weighted by molar-refractivity contribution is 6.10. The van der Waals surface area contributed by atoms with Crippen molar-refractivity contribution in [2.45, 2.75) is 18.8 Å². The van der Waals surface area contributed by atoms with E-state index in [0.29, 0.717) is 0 Å². The normalized spacial score (nSPS) is 14.1. The summed E-state index contributed by atoms with van der Waals surface area (Å²) in [5.41, 5.74) is 17.0. The largest absolute Gasteiger partial charge is 0.310 e. The van der Waals surface area contributed by atoms with Gasteiger partial charge in [-0.3, -0.25) is 0 Å². The number of fused-ring (bicyclic) bond motifs is 10. The zero-order valence-electron chi connectivity index (χ0n) is 29.7. The van der Waals surface area contributed by atoms with Gasteiger partial charge in [0.05, 0.1) is 16.4 Å². The van der Waals surface area contributed by atoms with E-state index in [2.05, 4.69) is 211 Å². The quantitative estimate of drug-likeness (QED) is 0.152. The molecular formula is C51H38N2. The molecule has 0 unspecified atom stereocenters. The van der Waals surface area contributed by atoms with Crippen LogP contribution < -0.4 is 4.90 Å². The van der Waals surface area contributed by atoms with E-state index < -0.39 is 5.41 Å². The van der Waals surface area contributed by atoms with Gasteiger partial charge in [-0.25, -0.2) is 0 Å². The molecule has 0 aliphatic heterocycles. The first-order chi connectivity index (χ1) is 26.3. The number of anilines is 2. The van der Waals surface area contributed by atoms with Crippen LogP contribution in [0.15, 0.2) is 206 Å². The van der Waals surface area contributed by atoms with Crippen LogP contribution in [0.3, 0.4) is 0 Å². The van der Waals surface area contributed by atoms with Gasteiger partial charge in [-0.2, -0.15) is 0 Å². The smallest absolute Gasteiger partial charge is 0.0692 e. The third kappa shape index (κ3) is 4.39. The van der Waals surface area contributed by atoms with Crippen LogP contribution >= 0.6 is 0 Å². The number of allylic oxidation sites excluding steroid dienone is 4. The van der Waals surface area contributed by atoms with E-state index >= 15 is 0 Å². The summed E-state index contributed by atoms with van der Waals surface area (Å²) >= 11 is 0. The number of nitrogens with zero attached hydrogens (tertiary/aromatic N) is 2. The molecule has 0 fully saturated rings. The van der Waals surface area contributed by atoms with Crippen LogP contribution in [0, 0.1) is 0 Å². The first-order valence-electron chi connectivity index (χ1n) is 18.5. The van der Waals surface area contributed by atoms with E-state index in [4.69, 9.17) is 0 Å². The third-order valence-electron chi connectivity index (χ3n) is 11.4. The maximum Gasteiger partial charge on any atom is 0.0692 e. The second-order valence-electron chi connectivity index (χ2n) is 14.0. The Hall–Kier alpha value is -6.64. The van der Waals surface area contributed by atoms with Crippen molar-refractivity contribution in [2.75, 3.05) is 4.90 Å². The molecule has 0 amide bonds. The number of hydrogen-bond acceptors (Lipinski definition) is 1. The van der Waals surface area contributed by atoms with Gasteiger partial charge in [-0.1, -0.05) is 146 Å². The van der Waals surface area contributed by atoms with Crippen LogP contribution in [-0.4, -0.2) is 4.57 Å². The van der Waals surface area contributed by atoms with E-state index in [1.165, 1.54) is 66.3 Å². The molecule has 0 atom stereocenters. The molecule has 0 radical (unpaired) electrons. The minimum absolute atomic E-state index is 0.437. The van der Waals surface area contributed by atoms with Crippen molar-refractivity contribution >= 4 is 38.8 Å². The molecule has 8 aromatic rings. The Bertz CT molecular complexity index is 2730. The zero-order chi connectivity index (χ0) is 35.5. The van der Waals surface area contributed by atoms with Gasteiger partial charge in [0.1, 0.15) is 0 Å². The minimum Gasteiger partial charge on any atom is -0.310 e. The number of rotatable bonds is 7. The summed E-state index contributed by atoms with van der Waals surface area (Å²) in [5, 5.41) is 2.48. The highest BCUT2D eigenvalue weighted by Crippen LogP contribution is 2.64. The second-order valence-corrected chi connectivity index (χ2v) is 14.0. The van der Waals surface area contributed by atoms with Crippen molar-refractivity contribution in [1.29, 1.82) is 0 Å². The molecule has 0 saturated carbocycles. The molecule has 0 N–H and O–H groups in total. The Kier molecular flexibility index (Phi) is 7.19. The molecule has 53 heavy (non-hydrogen) atoms. The molecule has 2 heteroatoms. The zero-order valence-corrected chi connectivity index (χ0v) is 29.7. The summed E-state index contributed by atoms with van der Waals surface area (Å²) in [6.07, 6.45) is 5.15. The lowest BCUT2D eigenvalue weighted by molar-refractivity contribution is 0.746. The fraction of sp³-hybridized carbons (Fsp3) is 0.0588. The van der Waals surface area contributed by atoms with Gasteiger partial charge in [0, 0.05) is 39.1 Å². The standard InChI is InChI=1S/C51H38N2/c1-3-19-46-50(42-27-13-17-30-45(42)51(46)43-28-15-11-24-38(43)39-25-12-16-29-44(39)51)47(4-2)52(35-20-7-5-8-21-35)37-32-33-41-40-26-14-18-31-48(40)53(49(41)34-37)36-22-9-6-10-23-36/h3-18,20-34H,1,19H2,2H3/b47-4+. The van der Waals surface area contributed by atoms with Gasteiger partial charge < -0.3 is 9.47 Å². The Balaban J connectivity index is 1.28. The van der Waals surface area contributed by atoms with Gasteiger partial charge in [-0.05, 0) is 94.8 Å². The molecule has 7 aromatic carbocycles. The van der Waals surface area contributed by atoms with Crippen molar-refractivity contribution in [2.24, 2.45) is 0 Å². The fourth-order valence-electron chi connectivity index (χ4n) is 9.43. The fourth-order valence-corrected chi connectivity index (χ4v) is 9.43. The van der Waals surface area contributed by atoms with E-state index in [0.717, 1.165) is 29.2 Å². The van der Waals surface area contributed by atoms with E-state index in [1.807, 2.05) is 0 Å². The average molecular weight is 679 g/mol. The van der Waals surface area contributed by atoms with E-state index in [9.17, 15) is 0 Å². The highest BCUT2D eigenvalue weighted by atomic mass is 15.2. The molecule has 2 aliphatic rings. The van der Waals surface area contributed by atoms with Crippen molar-refractivity contribution in [3.05, 3.63) is 228 Å². The molecule has 1 spiro atoms. The summed E-state index contributed by atoms with van der Waals surface area (Å²) in [5.74, 6) is 0. The Morgan fingerprint density at radius 2 is 1.11 bits per heavy atom. The van der Waals surface area contributed by atoms with E-state index in [-0.39, 0.29) is 0 Å². The van der Waals surface area contributed by atoms with Crippen LogP contribution in [0.25, 0.3) is 44.2 Å². The topological polar surface area (TPSA) is 8.17 Å². The van der Waals surface area contributed by atoms with Crippen LogP contribution in [0.1, 0.15) is 35.6 Å². The van der Waals surface area contributed by atoms with Crippen LogP contribution in [0.5, 0.6) is 0 Å². The Labute approximate surface area is 310 Å². The lowest BCUT2D eigenvalue weighted by Gasteiger charge is -2.33. The molecule has 2 nitrogen and oxygen atoms in total. The molecule has 10 rings (SSSR count). The number of para-hydroxylation sites is 3. The molecule has 0 bridgehead atoms. The summed E-state index contributed by atoms with van der Waals surface area (Å²) in [6, 6.07) is 64.4. The lowest BCUT2D eigenvalue weighted by Crippen LogP contribution is -2.27. The molecule has 252 valence electrons. The molecule has 1 heterocycles. The average Bonchev–Trinajstić information content (AvgIpc) is 3.82. The summed E-state index contributed by atoms with van der Waals surface area (Å²) < 4.78 is 2.40. The van der Waals surface area contributed by atoms with Gasteiger partial charge in [0.2, 0.25) is 0 Å².